The molecule has 0 spiro atoms. The molecule has 1 aliphatic heterocycles. The average molecular weight is 432 g/mol. The Bertz CT molecular complexity index is 967. The Balaban J connectivity index is 1.24. The zero-order valence-corrected chi connectivity index (χ0v) is 18.2. The van der Waals surface area contributed by atoms with Gasteiger partial charge in [0.1, 0.15) is 18.1 Å². The Morgan fingerprint density at radius 2 is 1.59 bits per heavy atom. The molecule has 0 aliphatic carbocycles. The predicted octanol–water partition coefficient (Wildman–Crippen LogP) is 5.27. The van der Waals surface area contributed by atoms with E-state index in [1.165, 1.54) is 25.7 Å². The van der Waals surface area contributed by atoms with Gasteiger partial charge < -0.3 is 14.8 Å². The van der Waals surface area contributed by atoms with Crippen molar-refractivity contribution in [2.45, 2.75) is 32.3 Å². The maximum atomic E-state index is 12.3. The zero-order chi connectivity index (χ0) is 22.0. The molecule has 0 atom stereocenters. The molecule has 1 saturated heterocycles. The number of carbonyl (C=O) groups is 1. The highest BCUT2D eigenvalue weighted by Gasteiger charge is 2.13. The van der Waals surface area contributed by atoms with Gasteiger partial charge in [0.2, 0.25) is 11.8 Å². The summed E-state index contributed by atoms with van der Waals surface area (Å²) in [5.41, 5.74) is 1.79. The van der Waals surface area contributed by atoms with E-state index in [1.807, 2.05) is 54.6 Å². The molecule has 1 aliphatic rings. The van der Waals surface area contributed by atoms with Gasteiger partial charge in [-0.1, -0.05) is 43.2 Å². The van der Waals surface area contributed by atoms with Crippen LogP contribution in [-0.4, -0.2) is 35.4 Å². The van der Waals surface area contributed by atoms with Crippen molar-refractivity contribution in [3.63, 3.8) is 0 Å². The van der Waals surface area contributed by atoms with E-state index in [-0.39, 0.29) is 5.91 Å². The van der Waals surface area contributed by atoms with Gasteiger partial charge in [-0.2, -0.15) is 0 Å². The van der Waals surface area contributed by atoms with Crippen LogP contribution >= 0.6 is 0 Å². The lowest BCUT2D eigenvalue weighted by Gasteiger charge is -2.18. The molecule has 0 radical (unpaired) electrons. The molecule has 4 rings (SSSR count). The number of hydrogen-bond acceptors (Lipinski definition) is 5. The normalized spacial score (nSPS) is 14.4. The first-order valence-corrected chi connectivity index (χ1v) is 11.2. The molecule has 1 fully saturated rings. The highest BCUT2D eigenvalue weighted by molar-refractivity contribution is 5.92. The lowest BCUT2D eigenvalue weighted by molar-refractivity contribution is -0.117. The summed E-state index contributed by atoms with van der Waals surface area (Å²) >= 11 is 0. The lowest BCUT2D eigenvalue weighted by atomic mass is 10.2. The van der Waals surface area contributed by atoms with E-state index < -0.39 is 0 Å². The van der Waals surface area contributed by atoms with Crippen LogP contribution < -0.4 is 14.8 Å². The predicted molar refractivity (Wildman–Crippen MR) is 125 cm³/mol. The van der Waals surface area contributed by atoms with E-state index in [9.17, 15) is 4.79 Å². The molecule has 2 aromatic carbocycles. The summed E-state index contributed by atoms with van der Waals surface area (Å²) in [5.74, 6) is 1.90. The highest BCUT2D eigenvalue weighted by atomic mass is 16.5. The van der Waals surface area contributed by atoms with E-state index in [2.05, 4.69) is 15.2 Å². The number of aromatic nitrogens is 1. The third-order valence-corrected chi connectivity index (χ3v) is 5.38. The second-order valence-electron chi connectivity index (χ2n) is 7.97. The smallest absolute Gasteiger partial charge is 0.238 e. The Hall–Kier alpha value is -3.38. The second-order valence-corrected chi connectivity index (χ2v) is 7.97. The first kappa shape index (κ1) is 21.8. The van der Waals surface area contributed by atoms with Crippen LogP contribution in [0.1, 0.15) is 31.2 Å². The maximum Gasteiger partial charge on any atom is 0.238 e. The van der Waals surface area contributed by atoms with Gasteiger partial charge in [0.15, 0.2) is 0 Å². The molecule has 1 N–H and O–H groups in total. The quantitative estimate of drug-likeness (QED) is 0.527. The maximum absolute atomic E-state index is 12.3. The molecule has 2 heterocycles. The van der Waals surface area contributed by atoms with Gasteiger partial charge >= 0.3 is 0 Å². The number of anilines is 1. The Labute approximate surface area is 189 Å². The number of likely N-dealkylation sites (tertiary alicyclic amines) is 1. The van der Waals surface area contributed by atoms with E-state index in [0.29, 0.717) is 30.5 Å². The number of pyridine rings is 1. The molecule has 0 unspecified atom stereocenters. The van der Waals surface area contributed by atoms with E-state index in [0.717, 1.165) is 24.4 Å². The number of hydrogen-bond donors (Lipinski definition) is 1. The number of nitrogens with zero attached hydrogens (tertiary/aromatic N) is 2. The van der Waals surface area contributed by atoms with Crippen molar-refractivity contribution in [1.29, 1.82) is 0 Å². The van der Waals surface area contributed by atoms with Crippen LogP contribution in [0.2, 0.25) is 0 Å². The minimum Gasteiger partial charge on any atom is -0.489 e. The number of ether oxygens (including phenoxy) is 2. The molecule has 1 amide bonds. The van der Waals surface area contributed by atoms with Crippen LogP contribution in [0.15, 0.2) is 72.9 Å². The second kappa shape index (κ2) is 11.3. The first-order valence-electron chi connectivity index (χ1n) is 11.2. The topological polar surface area (TPSA) is 63.7 Å². The number of rotatable bonds is 8. The number of nitrogens with one attached hydrogen (secondary N) is 1. The summed E-state index contributed by atoms with van der Waals surface area (Å²) in [5, 5.41) is 2.92. The lowest BCUT2D eigenvalue weighted by Crippen LogP contribution is -2.33. The number of benzene rings is 2. The van der Waals surface area contributed by atoms with Crippen molar-refractivity contribution in [3.8, 4) is 17.4 Å². The van der Waals surface area contributed by atoms with Crippen LogP contribution in [0.25, 0.3) is 0 Å². The van der Waals surface area contributed by atoms with Crippen LogP contribution in [0, 0.1) is 0 Å². The molecule has 3 aromatic rings. The molecule has 1 aromatic heterocycles. The standard InChI is InChI=1S/C26H29N3O3/c30-25(19-29-16-6-1-2-7-17-29)28-22-10-15-26(27-18-22)32-24-13-11-23(12-14-24)31-20-21-8-4-3-5-9-21/h3-5,8-15,18H,1-2,6-7,16-17,19-20H2,(H,28,30). The van der Waals surface area contributed by atoms with Crippen LogP contribution in [0.4, 0.5) is 5.69 Å². The first-order chi connectivity index (χ1) is 15.7. The third kappa shape index (κ3) is 6.82. The fourth-order valence-electron chi connectivity index (χ4n) is 3.68. The molecule has 32 heavy (non-hydrogen) atoms. The fourth-order valence-corrected chi connectivity index (χ4v) is 3.68. The van der Waals surface area contributed by atoms with Gasteiger partial charge in [-0.15, -0.1) is 0 Å². The minimum absolute atomic E-state index is 0.00606. The summed E-state index contributed by atoms with van der Waals surface area (Å²) in [6.45, 7) is 2.94. The highest BCUT2D eigenvalue weighted by Crippen LogP contribution is 2.24. The van der Waals surface area contributed by atoms with Gasteiger partial charge in [0.05, 0.1) is 18.4 Å². The molecule has 6 nitrogen and oxygen atoms in total. The molecule has 6 heteroatoms. The SMILES string of the molecule is O=C(CN1CCCCCC1)Nc1ccc(Oc2ccc(OCc3ccccc3)cc2)nc1. The van der Waals surface area contributed by atoms with Gasteiger partial charge in [0, 0.05) is 6.07 Å². The van der Waals surface area contributed by atoms with Gasteiger partial charge in [-0.3, -0.25) is 9.69 Å². The summed E-state index contributed by atoms with van der Waals surface area (Å²) in [6.07, 6.45) is 6.47. The number of carbonyl (C=O) groups excluding carboxylic acids is 1. The van der Waals surface area contributed by atoms with Gasteiger partial charge in [-0.05, 0) is 61.8 Å². The summed E-state index contributed by atoms with van der Waals surface area (Å²) in [6, 6.07) is 21.0. The van der Waals surface area contributed by atoms with E-state index in [4.69, 9.17) is 9.47 Å². The monoisotopic (exact) mass is 431 g/mol. The number of amides is 1. The Morgan fingerprint density at radius 1 is 0.875 bits per heavy atom. The van der Waals surface area contributed by atoms with E-state index in [1.54, 1.807) is 18.3 Å². The van der Waals surface area contributed by atoms with Crippen LogP contribution in [-0.2, 0) is 11.4 Å². The van der Waals surface area contributed by atoms with E-state index >= 15 is 0 Å². The van der Waals surface area contributed by atoms with Crippen molar-refractivity contribution in [2.24, 2.45) is 0 Å². The molecular weight excluding hydrogens is 402 g/mol. The van der Waals surface area contributed by atoms with Crippen molar-refractivity contribution in [1.82, 2.24) is 9.88 Å². The average Bonchev–Trinajstić information content (AvgIpc) is 3.09. The van der Waals surface area contributed by atoms with Crippen LogP contribution in [0.5, 0.6) is 17.4 Å². The van der Waals surface area contributed by atoms with Crippen molar-refractivity contribution in [2.75, 3.05) is 25.0 Å². The molecular formula is C26H29N3O3. The molecule has 0 saturated carbocycles. The van der Waals surface area contributed by atoms with Gasteiger partial charge in [0.25, 0.3) is 0 Å². The third-order valence-electron chi connectivity index (χ3n) is 5.38. The van der Waals surface area contributed by atoms with Crippen molar-refractivity contribution in [3.05, 3.63) is 78.5 Å². The van der Waals surface area contributed by atoms with Crippen LogP contribution in [0.3, 0.4) is 0 Å². The summed E-state index contributed by atoms with van der Waals surface area (Å²) in [7, 11) is 0. The van der Waals surface area contributed by atoms with Crippen molar-refractivity contribution < 1.29 is 14.3 Å². The molecule has 166 valence electrons. The Kier molecular flexibility index (Phi) is 7.71. The molecule has 0 bridgehead atoms. The minimum atomic E-state index is -0.00606. The summed E-state index contributed by atoms with van der Waals surface area (Å²) < 4.78 is 11.6. The largest absolute Gasteiger partial charge is 0.489 e. The van der Waals surface area contributed by atoms with Crippen molar-refractivity contribution >= 4 is 11.6 Å². The Morgan fingerprint density at radius 3 is 2.28 bits per heavy atom. The fraction of sp³-hybridized carbons (Fsp3) is 0.308. The summed E-state index contributed by atoms with van der Waals surface area (Å²) in [4.78, 5) is 18.8. The van der Waals surface area contributed by atoms with Gasteiger partial charge in [-0.25, -0.2) is 4.98 Å². The zero-order valence-electron chi connectivity index (χ0n) is 18.2.